The third-order valence-electron chi connectivity index (χ3n) is 3.45. The summed E-state index contributed by atoms with van der Waals surface area (Å²) in [6, 6.07) is 17.7. The highest BCUT2D eigenvalue weighted by Crippen LogP contribution is 2.27. The molecule has 0 spiro atoms. The summed E-state index contributed by atoms with van der Waals surface area (Å²) in [6.07, 6.45) is 0.954. The Kier molecular flexibility index (Phi) is 3.84. The van der Waals surface area contributed by atoms with Crippen molar-refractivity contribution in [3.8, 4) is 11.6 Å². The SMILES string of the molecule is CCc1cccc(Oc2nc3ccccc3cc2CO)c1. The van der Waals surface area contributed by atoms with Crippen molar-refractivity contribution in [2.75, 3.05) is 0 Å². The van der Waals surface area contributed by atoms with Gasteiger partial charge < -0.3 is 9.84 Å². The van der Waals surface area contributed by atoms with E-state index in [4.69, 9.17) is 4.74 Å². The zero-order chi connectivity index (χ0) is 14.7. The third-order valence-corrected chi connectivity index (χ3v) is 3.45. The molecule has 0 aliphatic carbocycles. The molecule has 0 saturated heterocycles. The van der Waals surface area contributed by atoms with Crippen molar-refractivity contribution in [1.82, 2.24) is 4.98 Å². The van der Waals surface area contributed by atoms with Crippen LogP contribution in [-0.2, 0) is 13.0 Å². The van der Waals surface area contributed by atoms with E-state index in [9.17, 15) is 5.11 Å². The second-order valence-corrected chi connectivity index (χ2v) is 4.91. The predicted molar refractivity (Wildman–Crippen MR) is 83.6 cm³/mol. The second kappa shape index (κ2) is 5.94. The highest BCUT2D eigenvalue weighted by Gasteiger charge is 2.09. The molecule has 1 aromatic heterocycles. The molecule has 2 aromatic carbocycles. The average molecular weight is 279 g/mol. The number of fused-ring (bicyclic) bond motifs is 1. The lowest BCUT2D eigenvalue weighted by Crippen LogP contribution is -1.96. The van der Waals surface area contributed by atoms with Crippen molar-refractivity contribution in [2.45, 2.75) is 20.0 Å². The summed E-state index contributed by atoms with van der Waals surface area (Å²) in [5, 5.41) is 10.5. The number of aliphatic hydroxyl groups excluding tert-OH is 1. The van der Waals surface area contributed by atoms with Gasteiger partial charge in [-0.05, 0) is 36.2 Å². The monoisotopic (exact) mass is 279 g/mol. The van der Waals surface area contributed by atoms with Gasteiger partial charge in [-0.1, -0.05) is 37.3 Å². The van der Waals surface area contributed by atoms with Gasteiger partial charge in [0.2, 0.25) is 5.88 Å². The van der Waals surface area contributed by atoms with Crippen LogP contribution in [0.3, 0.4) is 0 Å². The topological polar surface area (TPSA) is 42.4 Å². The molecule has 3 heteroatoms. The number of benzene rings is 2. The summed E-state index contributed by atoms with van der Waals surface area (Å²) in [4.78, 5) is 4.51. The quantitative estimate of drug-likeness (QED) is 0.782. The van der Waals surface area contributed by atoms with Gasteiger partial charge in [-0.15, -0.1) is 0 Å². The molecule has 1 heterocycles. The van der Waals surface area contributed by atoms with Crippen LogP contribution in [0.4, 0.5) is 0 Å². The fourth-order valence-corrected chi connectivity index (χ4v) is 2.28. The summed E-state index contributed by atoms with van der Waals surface area (Å²) < 4.78 is 5.88. The van der Waals surface area contributed by atoms with E-state index < -0.39 is 0 Å². The van der Waals surface area contributed by atoms with Crippen molar-refractivity contribution in [3.63, 3.8) is 0 Å². The Morgan fingerprint density at radius 3 is 2.71 bits per heavy atom. The number of aromatic nitrogens is 1. The maximum Gasteiger partial charge on any atom is 0.225 e. The molecule has 3 rings (SSSR count). The first-order valence-electron chi connectivity index (χ1n) is 7.06. The van der Waals surface area contributed by atoms with Crippen molar-refractivity contribution >= 4 is 10.9 Å². The lowest BCUT2D eigenvalue weighted by Gasteiger charge is -2.11. The van der Waals surface area contributed by atoms with E-state index in [1.54, 1.807) is 0 Å². The van der Waals surface area contributed by atoms with Gasteiger partial charge in [0.1, 0.15) is 5.75 Å². The van der Waals surface area contributed by atoms with E-state index in [1.807, 2.05) is 48.5 Å². The van der Waals surface area contributed by atoms with E-state index in [1.165, 1.54) is 5.56 Å². The van der Waals surface area contributed by atoms with Gasteiger partial charge in [-0.3, -0.25) is 0 Å². The van der Waals surface area contributed by atoms with Crippen LogP contribution in [0.25, 0.3) is 10.9 Å². The number of pyridine rings is 1. The summed E-state index contributed by atoms with van der Waals surface area (Å²) >= 11 is 0. The minimum atomic E-state index is -0.0966. The summed E-state index contributed by atoms with van der Waals surface area (Å²) in [7, 11) is 0. The average Bonchev–Trinajstić information content (AvgIpc) is 2.54. The first-order chi connectivity index (χ1) is 10.3. The molecule has 0 fully saturated rings. The molecule has 0 radical (unpaired) electrons. The van der Waals surface area contributed by atoms with Gasteiger partial charge in [0, 0.05) is 10.9 Å². The highest BCUT2D eigenvalue weighted by atomic mass is 16.5. The zero-order valence-electron chi connectivity index (χ0n) is 11.9. The van der Waals surface area contributed by atoms with E-state index in [0.717, 1.165) is 23.1 Å². The van der Waals surface area contributed by atoms with Crippen LogP contribution in [0.15, 0.2) is 54.6 Å². The fraction of sp³-hybridized carbons (Fsp3) is 0.167. The molecule has 21 heavy (non-hydrogen) atoms. The number of nitrogens with zero attached hydrogens (tertiary/aromatic N) is 1. The Bertz CT molecular complexity index is 768. The lowest BCUT2D eigenvalue weighted by molar-refractivity contribution is 0.275. The molecule has 3 aromatic rings. The van der Waals surface area contributed by atoms with Crippen LogP contribution < -0.4 is 4.74 Å². The number of ether oxygens (including phenoxy) is 1. The minimum absolute atomic E-state index is 0.0966. The summed E-state index contributed by atoms with van der Waals surface area (Å²) in [6.45, 7) is 2.01. The number of aliphatic hydroxyl groups is 1. The van der Waals surface area contributed by atoms with Crippen LogP contribution >= 0.6 is 0 Å². The summed E-state index contributed by atoms with van der Waals surface area (Å²) in [5.41, 5.74) is 2.76. The predicted octanol–water partition coefficient (Wildman–Crippen LogP) is 4.08. The number of hydrogen-bond acceptors (Lipinski definition) is 3. The maximum atomic E-state index is 9.54. The Balaban J connectivity index is 2.02. The molecule has 1 N–H and O–H groups in total. The van der Waals surface area contributed by atoms with E-state index >= 15 is 0 Å². The van der Waals surface area contributed by atoms with Crippen LogP contribution in [0, 0.1) is 0 Å². The van der Waals surface area contributed by atoms with Gasteiger partial charge in [0.15, 0.2) is 0 Å². The molecular weight excluding hydrogens is 262 g/mol. The Labute approximate surface area is 123 Å². The zero-order valence-corrected chi connectivity index (χ0v) is 11.9. The molecule has 0 amide bonds. The molecule has 0 aliphatic heterocycles. The Hall–Kier alpha value is -2.39. The lowest BCUT2D eigenvalue weighted by atomic mass is 10.1. The van der Waals surface area contributed by atoms with Crippen molar-refractivity contribution < 1.29 is 9.84 Å². The van der Waals surface area contributed by atoms with E-state index in [0.29, 0.717) is 11.4 Å². The normalized spacial score (nSPS) is 10.8. The van der Waals surface area contributed by atoms with Gasteiger partial charge in [0.25, 0.3) is 0 Å². The van der Waals surface area contributed by atoms with Crippen molar-refractivity contribution in [3.05, 3.63) is 65.7 Å². The third kappa shape index (κ3) is 2.88. The fourth-order valence-electron chi connectivity index (χ4n) is 2.28. The number of hydrogen-bond donors (Lipinski definition) is 1. The van der Waals surface area contributed by atoms with E-state index in [-0.39, 0.29) is 6.61 Å². The van der Waals surface area contributed by atoms with Crippen LogP contribution in [-0.4, -0.2) is 10.1 Å². The molecule has 3 nitrogen and oxygen atoms in total. The Morgan fingerprint density at radius 1 is 1.05 bits per heavy atom. The summed E-state index contributed by atoms with van der Waals surface area (Å²) in [5.74, 6) is 1.20. The van der Waals surface area contributed by atoms with Crippen molar-refractivity contribution in [1.29, 1.82) is 0 Å². The van der Waals surface area contributed by atoms with Crippen LogP contribution in [0.5, 0.6) is 11.6 Å². The number of aryl methyl sites for hydroxylation is 1. The highest BCUT2D eigenvalue weighted by molar-refractivity contribution is 5.80. The second-order valence-electron chi connectivity index (χ2n) is 4.91. The van der Waals surface area contributed by atoms with Crippen LogP contribution in [0.1, 0.15) is 18.1 Å². The standard InChI is InChI=1S/C18H17NO2/c1-2-13-6-5-8-16(10-13)21-18-15(12-20)11-14-7-3-4-9-17(14)19-18/h3-11,20H,2,12H2,1H3. The molecule has 0 unspecified atom stereocenters. The molecule has 0 aliphatic rings. The molecular formula is C18H17NO2. The van der Waals surface area contributed by atoms with Crippen LogP contribution in [0.2, 0.25) is 0 Å². The minimum Gasteiger partial charge on any atom is -0.439 e. The largest absolute Gasteiger partial charge is 0.439 e. The number of para-hydroxylation sites is 1. The first-order valence-corrected chi connectivity index (χ1v) is 7.06. The molecule has 106 valence electrons. The molecule has 0 bridgehead atoms. The van der Waals surface area contributed by atoms with Gasteiger partial charge in [0.05, 0.1) is 12.1 Å². The first kappa shape index (κ1) is 13.6. The van der Waals surface area contributed by atoms with E-state index in [2.05, 4.69) is 18.0 Å². The van der Waals surface area contributed by atoms with Gasteiger partial charge in [-0.2, -0.15) is 0 Å². The van der Waals surface area contributed by atoms with Gasteiger partial charge >= 0.3 is 0 Å². The van der Waals surface area contributed by atoms with Crippen molar-refractivity contribution in [2.24, 2.45) is 0 Å². The molecule has 0 saturated carbocycles. The molecule has 0 atom stereocenters. The van der Waals surface area contributed by atoms with Gasteiger partial charge in [-0.25, -0.2) is 4.98 Å². The maximum absolute atomic E-state index is 9.54. The Morgan fingerprint density at radius 2 is 1.90 bits per heavy atom. The smallest absolute Gasteiger partial charge is 0.225 e. The number of rotatable bonds is 4.